The third-order valence-electron chi connectivity index (χ3n) is 6.10. The zero-order valence-corrected chi connectivity index (χ0v) is 17.9. The fourth-order valence-corrected chi connectivity index (χ4v) is 5.33. The van der Waals surface area contributed by atoms with Crippen LogP contribution in [0, 0.1) is 23.2 Å². The van der Waals surface area contributed by atoms with E-state index >= 15 is 0 Å². The molecule has 2 amide bonds. The number of likely N-dealkylation sites (tertiary alicyclic amines) is 2. The Hall–Kier alpha value is -1.86. The second kappa shape index (κ2) is 7.52. The molecule has 8 heteroatoms. The van der Waals surface area contributed by atoms with E-state index in [4.69, 9.17) is 4.74 Å². The van der Waals surface area contributed by atoms with Gasteiger partial charge in [0, 0.05) is 31.2 Å². The first-order valence-electron chi connectivity index (χ1n) is 9.54. The van der Waals surface area contributed by atoms with E-state index in [0.29, 0.717) is 23.9 Å². The summed E-state index contributed by atoms with van der Waals surface area (Å²) >= 11 is 2.09. The molecule has 1 aliphatic carbocycles. The van der Waals surface area contributed by atoms with Crippen LogP contribution in [0.25, 0.3) is 0 Å². The summed E-state index contributed by atoms with van der Waals surface area (Å²) in [4.78, 5) is 28.7. The lowest BCUT2D eigenvalue weighted by atomic mass is 10.2. The molecule has 0 spiro atoms. The Kier molecular flexibility index (Phi) is 5.22. The van der Waals surface area contributed by atoms with Gasteiger partial charge in [-0.05, 0) is 71.5 Å². The number of nitrogens with one attached hydrogen (secondary N) is 1. The van der Waals surface area contributed by atoms with Crippen LogP contribution in [0.2, 0.25) is 0 Å². The summed E-state index contributed by atoms with van der Waals surface area (Å²) < 4.78 is 4.44. The number of amides is 2. The van der Waals surface area contributed by atoms with E-state index in [-0.39, 0.29) is 24.4 Å². The van der Waals surface area contributed by atoms with Crippen molar-refractivity contribution in [3.63, 3.8) is 0 Å². The number of alkyl halides is 1. The molecule has 0 radical (unpaired) electrons. The van der Waals surface area contributed by atoms with Gasteiger partial charge in [0.2, 0.25) is 5.91 Å². The summed E-state index contributed by atoms with van der Waals surface area (Å²) in [6.45, 7) is 2.36. The minimum Gasteiger partial charge on any atom is -0.497 e. The molecule has 3 fully saturated rings. The number of piperidine rings is 1. The van der Waals surface area contributed by atoms with Crippen molar-refractivity contribution in [1.82, 2.24) is 15.1 Å². The summed E-state index contributed by atoms with van der Waals surface area (Å²) in [5.74, 6) is 1.59. The maximum atomic E-state index is 12.6. The lowest BCUT2D eigenvalue weighted by Gasteiger charge is -2.27. The average Bonchev–Trinajstić information content (AvgIpc) is 3.04. The van der Waals surface area contributed by atoms with Crippen molar-refractivity contribution < 1.29 is 14.3 Å². The molecule has 0 aromatic heterocycles. The molecular weight excluding hydrogens is 471 g/mol. The number of rotatable bonds is 5. The first-order chi connectivity index (χ1) is 13.5. The molecule has 1 aromatic carbocycles. The van der Waals surface area contributed by atoms with Gasteiger partial charge >= 0.3 is 0 Å². The van der Waals surface area contributed by atoms with E-state index in [0.717, 1.165) is 31.7 Å². The second-order valence-electron chi connectivity index (χ2n) is 7.69. The maximum absolute atomic E-state index is 12.6. The Labute approximate surface area is 178 Å². The second-order valence-corrected chi connectivity index (χ2v) is 9.48. The smallest absolute Gasteiger partial charge is 0.253 e. The standard InChI is InChI=1S/C20H23IN4O3/c1-28-14-5-3-13(4-6-14)19(27)24-10-15-16(11-24)18(15)23-9-17(26)25-8-2-7-20(25,21)12-22/h3-6,15-16,18,23H,2,7-11H2,1H3/t15?,16?,18?,20-/m1/s1. The number of fused-ring (bicyclic) bond motifs is 1. The van der Waals surface area contributed by atoms with Gasteiger partial charge in [0.15, 0.2) is 3.55 Å². The number of nitrogens with zero attached hydrogens (tertiary/aromatic N) is 3. The molecule has 1 aromatic rings. The Morgan fingerprint density at radius 2 is 2.00 bits per heavy atom. The minimum atomic E-state index is -0.697. The molecule has 28 heavy (non-hydrogen) atoms. The van der Waals surface area contributed by atoms with Gasteiger partial charge in [-0.3, -0.25) is 9.59 Å². The van der Waals surface area contributed by atoms with Gasteiger partial charge in [-0.15, -0.1) is 0 Å². The monoisotopic (exact) mass is 494 g/mol. The molecule has 1 N–H and O–H groups in total. The van der Waals surface area contributed by atoms with Gasteiger partial charge in [0.25, 0.3) is 5.91 Å². The summed E-state index contributed by atoms with van der Waals surface area (Å²) in [5.41, 5.74) is 0.672. The average molecular weight is 494 g/mol. The molecule has 7 nitrogen and oxygen atoms in total. The van der Waals surface area contributed by atoms with Crippen molar-refractivity contribution in [2.45, 2.75) is 22.4 Å². The van der Waals surface area contributed by atoms with Crippen LogP contribution in [-0.4, -0.2) is 64.5 Å². The number of carbonyl (C=O) groups is 2. The number of ether oxygens (including phenoxy) is 1. The van der Waals surface area contributed by atoms with Gasteiger partial charge in [0.05, 0.1) is 13.7 Å². The number of hydrogen-bond acceptors (Lipinski definition) is 5. The van der Waals surface area contributed by atoms with Crippen LogP contribution >= 0.6 is 22.6 Å². The molecule has 2 unspecified atom stereocenters. The number of benzene rings is 1. The highest BCUT2D eigenvalue weighted by Crippen LogP contribution is 2.46. The van der Waals surface area contributed by atoms with Crippen LogP contribution in [0.1, 0.15) is 23.2 Å². The maximum Gasteiger partial charge on any atom is 0.253 e. The van der Waals surface area contributed by atoms with Crippen molar-refractivity contribution in [3.8, 4) is 11.8 Å². The summed E-state index contributed by atoms with van der Waals surface area (Å²) in [6.07, 6.45) is 1.60. The van der Waals surface area contributed by atoms with E-state index in [1.165, 1.54) is 0 Å². The lowest BCUT2D eigenvalue weighted by molar-refractivity contribution is -0.130. The van der Waals surface area contributed by atoms with E-state index in [1.54, 1.807) is 36.3 Å². The highest BCUT2D eigenvalue weighted by Gasteiger charge is 2.56. The van der Waals surface area contributed by atoms with E-state index < -0.39 is 3.55 Å². The highest BCUT2D eigenvalue weighted by atomic mass is 127. The van der Waals surface area contributed by atoms with Gasteiger partial charge in [0.1, 0.15) is 11.8 Å². The Bertz CT molecular complexity index is 812. The van der Waals surface area contributed by atoms with Crippen LogP contribution in [-0.2, 0) is 4.79 Å². The molecule has 1 saturated carbocycles. The summed E-state index contributed by atoms with van der Waals surface area (Å²) in [7, 11) is 1.60. The molecule has 2 heterocycles. The molecule has 3 atom stereocenters. The fraction of sp³-hybridized carbons (Fsp3) is 0.550. The number of halogens is 1. The van der Waals surface area contributed by atoms with Gasteiger partial charge < -0.3 is 19.9 Å². The van der Waals surface area contributed by atoms with E-state index in [1.807, 2.05) is 4.90 Å². The summed E-state index contributed by atoms with van der Waals surface area (Å²) in [5, 5.41) is 12.7. The summed E-state index contributed by atoms with van der Waals surface area (Å²) in [6, 6.07) is 9.74. The van der Waals surface area contributed by atoms with Crippen LogP contribution in [0.4, 0.5) is 0 Å². The lowest BCUT2D eigenvalue weighted by Crippen LogP contribution is -2.46. The molecule has 2 aliphatic heterocycles. The van der Waals surface area contributed by atoms with Crippen molar-refractivity contribution in [2.75, 3.05) is 33.3 Å². The molecular formula is C20H23IN4O3. The minimum absolute atomic E-state index is 0.00964. The third-order valence-corrected chi connectivity index (χ3v) is 7.46. The Morgan fingerprint density at radius 3 is 2.61 bits per heavy atom. The predicted molar refractivity (Wildman–Crippen MR) is 111 cm³/mol. The highest BCUT2D eigenvalue weighted by molar-refractivity contribution is 14.1. The van der Waals surface area contributed by atoms with Crippen LogP contribution < -0.4 is 10.1 Å². The zero-order valence-electron chi connectivity index (χ0n) is 15.7. The fourth-order valence-electron chi connectivity index (χ4n) is 4.43. The molecule has 2 saturated heterocycles. The topological polar surface area (TPSA) is 85.7 Å². The van der Waals surface area contributed by atoms with Crippen molar-refractivity contribution in [1.29, 1.82) is 5.26 Å². The molecule has 0 bridgehead atoms. The van der Waals surface area contributed by atoms with Crippen molar-refractivity contribution in [2.24, 2.45) is 11.8 Å². The largest absolute Gasteiger partial charge is 0.497 e. The first-order valence-corrected chi connectivity index (χ1v) is 10.6. The van der Waals surface area contributed by atoms with Gasteiger partial charge in [-0.25, -0.2) is 0 Å². The molecule has 3 aliphatic rings. The number of carbonyl (C=O) groups excluding carboxylic acids is 2. The number of methoxy groups -OCH3 is 1. The predicted octanol–water partition coefficient (Wildman–Crippen LogP) is 1.63. The third kappa shape index (κ3) is 3.46. The van der Waals surface area contributed by atoms with E-state index in [2.05, 4.69) is 34.0 Å². The van der Waals surface area contributed by atoms with Crippen molar-refractivity contribution in [3.05, 3.63) is 29.8 Å². The van der Waals surface area contributed by atoms with Gasteiger partial charge in [-0.1, -0.05) is 0 Å². The van der Waals surface area contributed by atoms with Crippen LogP contribution in [0.5, 0.6) is 5.75 Å². The zero-order chi connectivity index (χ0) is 19.9. The molecule has 4 rings (SSSR count). The quantitative estimate of drug-likeness (QED) is 0.382. The van der Waals surface area contributed by atoms with Crippen LogP contribution in [0.3, 0.4) is 0 Å². The molecule has 148 valence electrons. The Balaban J connectivity index is 1.26. The SMILES string of the molecule is COc1ccc(C(=O)N2CC3C(C2)C3NCC(=O)N2CCC[C@]2(I)C#N)cc1. The number of nitriles is 1. The van der Waals surface area contributed by atoms with Crippen molar-refractivity contribution >= 4 is 34.4 Å². The van der Waals surface area contributed by atoms with Crippen LogP contribution in [0.15, 0.2) is 24.3 Å². The normalized spacial score (nSPS) is 30.7. The number of hydrogen-bond donors (Lipinski definition) is 1. The Morgan fingerprint density at radius 1 is 1.32 bits per heavy atom. The van der Waals surface area contributed by atoms with E-state index in [9.17, 15) is 14.9 Å². The van der Waals surface area contributed by atoms with Gasteiger partial charge in [-0.2, -0.15) is 5.26 Å². The first kappa shape index (κ1) is 19.5.